The van der Waals surface area contributed by atoms with E-state index < -0.39 is 12.0 Å². The van der Waals surface area contributed by atoms with E-state index in [1.165, 1.54) is 0 Å². The molecule has 0 radical (unpaired) electrons. The zero-order valence-electron chi connectivity index (χ0n) is 17.5. The molecule has 0 fully saturated rings. The third-order valence-electron chi connectivity index (χ3n) is 4.59. The summed E-state index contributed by atoms with van der Waals surface area (Å²) in [7, 11) is 1.56. The second kappa shape index (κ2) is 9.35. The largest absolute Gasteiger partial charge is 0.493 e. The van der Waals surface area contributed by atoms with Crippen LogP contribution in [-0.4, -0.2) is 25.2 Å². The van der Waals surface area contributed by atoms with Gasteiger partial charge in [-0.2, -0.15) is 0 Å². The molecule has 3 rings (SSSR count). The number of benzene rings is 2. The van der Waals surface area contributed by atoms with Gasteiger partial charge in [0.1, 0.15) is 6.61 Å². The summed E-state index contributed by atoms with van der Waals surface area (Å²) < 4.78 is 16.8. The van der Waals surface area contributed by atoms with Crippen molar-refractivity contribution in [3.63, 3.8) is 0 Å². The van der Waals surface area contributed by atoms with E-state index in [1.54, 1.807) is 46.1 Å². The highest BCUT2D eigenvalue weighted by Crippen LogP contribution is 2.35. The maximum Gasteiger partial charge on any atom is 0.338 e. The summed E-state index contributed by atoms with van der Waals surface area (Å²) in [5.41, 5.74) is 2.50. The first-order valence-electron chi connectivity index (χ1n) is 9.73. The van der Waals surface area contributed by atoms with E-state index in [9.17, 15) is 9.59 Å². The number of nitrogens with one attached hydrogen (secondary N) is 2. The molecule has 0 saturated carbocycles. The van der Waals surface area contributed by atoms with Crippen molar-refractivity contribution in [2.75, 3.05) is 7.11 Å². The number of hydrogen-bond donors (Lipinski definition) is 2. The molecule has 30 heavy (non-hydrogen) atoms. The SMILES string of the molecule is COc1ccc(C2NC(=O)NC(C)=C2C(=O)OC(C)C)cc1OCc1ccccc1. The second-order valence-corrected chi connectivity index (χ2v) is 7.21. The Morgan fingerprint density at radius 2 is 1.83 bits per heavy atom. The van der Waals surface area contributed by atoms with Gasteiger partial charge < -0.3 is 24.8 Å². The topological polar surface area (TPSA) is 85.9 Å². The van der Waals surface area contributed by atoms with Crippen molar-refractivity contribution in [3.8, 4) is 11.5 Å². The third-order valence-corrected chi connectivity index (χ3v) is 4.59. The van der Waals surface area contributed by atoms with Crippen LogP contribution in [0.15, 0.2) is 59.8 Å². The predicted molar refractivity (Wildman–Crippen MR) is 112 cm³/mol. The molecule has 2 aromatic rings. The Labute approximate surface area is 176 Å². The summed E-state index contributed by atoms with van der Waals surface area (Å²) in [5, 5.41) is 5.44. The van der Waals surface area contributed by atoms with Crippen LogP contribution in [0.5, 0.6) is 11.5 Å². The van der Waals surface area contributed by atoms with Crippen molar-refractivity contribution in [2.24, 2.45) is 0 Å². The minimum absolute atomic E-state index is 0.281. The normalized spacial score (nSPS) is 16.0. The Hall–Kier alpha value is -3.48. The quantitative estimate of drug-likeness (QED) is 0.677. The van der Waals surface area contributed by atoms with Crippen LogP contribution in [0.3, 0.4) is 0 Å². The van der Waals surface area contributed by atoms with Gasteiger partial charge in [0.15, 0.2) is 11.5 Å². The number of carbonyl (C=O) groups is 2. The Morgan fingerprint density at radius 1 is 1.10 bits per heavy atom. The lowest BCUT2D eigenvalue weighted by atomic mass is 9.95. The zero-order chi connectivity index (χ0) is 21.7. The predicted octanol–water partition coefficient (Wildman–Crippen LogP) is 3.85. The Balaban J connectivity index is 1.93. The number of rotatable bonds is 7. The molecule has 0 saturated heterocycles. The molecule has 1 aliphatic heterocycles. The minimum atomic E-state index is -0.671. The van der Waals surface area contributed by atoms with Gasteiger partial charge in [-0.1, -0.05) is 36.4 Å². The highest BCUT2D eigenvalue weighted by molar-refractivity contribution is 5.95. The second-order valence-electron chi connectivity index (χ2n) is 7.21. The summed E-state index contributed by atoms with van der Waals surface area (Å²) in [6.07, 6.45) is -0.281. The molecule has 0 aromatic heterocycles. The fraction of sp³-hybridized carbons (Fsp3) is 0.304. The molecule has 2 N–H and O–H groups in total. The van der Waals surface area contributed by atoms with E-state index in [1.807, 2.05) is 30.3 Å². The molecule has 0 aliphatic carbocycles. The van der Waals surface area contributed by atoms with Crippen LogP contribution in [0.1, 0.15) is 37.9 Å². The zero-order valence-corrected chi connectivity index (χ0v) is 17.5. The van der Waals surface area contributed by atoms with Crippen LogP contribution < -0.4 is 20.1 Å². The number of amides is 2. The lowest BCUT2D eigenvalue weighted by Crippen LogP contribution is -2.45. The van der Waals surface area contributed by atoms with E-state index in [0.29, 0.717) is 34.9 Å². The summed E-state index contributed by atoms with van der Waals surface area (Å²) >= 11 is 0. The number of carbonyl (C=O) groups excluding carboxylic acids is 2. The lowest BCUT2D eigenvalue weighted by molar-refractivity contribution is -0.143. The molecule has 1 aliphatic rings. The molecule has 1 atom stereocenters. The number of urea groups is 1. The van der Waals surface area contributed by atoms with Gasteiger partial charge in [-0.25, -0.2) is 9.59 Å². The van der Waals surface area contributed by atoms with Crippen LogP contribution in [-0.2, 0) is 16.1 Å². The van der Waals surface area contributed by atoms with E-state index in [-0.39, 0.29) is 12.1 Å². The molecule has 0 spiro atoms. The van der Waals surface area contributed by atoms with Crippen molar-refractivity contribution in [1.82, 2.24) is 10.6 Å². The van der Waals surface area contributed by atoms with Gasteiger partial charge >= 0.3 is 12.0 Å². The van der Waals surface area contributed by atoms with Gasteiger partial charge in [0.2, 0.25) is 0 Å². The average molecular weight is 410 g/mol. The third kappa shape index (κ3) is 4.92. The molecular formula is C23H26N2O5. The summed E-state index contributed by atoms with van der Waals surface area (Å²) in [6.45, 7) is 5.59. The Bertz CT molecular complexity index is 953. The summed E-state index contributed by atoms with van der Waals surface area (Å²) in [4.78, 5) is 24.8. The average Bonchev–Trinajstić information content (AvgIpc) is 2.71. The molecule has 2 aromatic carbocycles. The molecule has 158 valence electrons. The highest BCUT2D eigenvalue weighted by atomic mass is 16.5. The fourth-order valence-corrected chi connectivity index (χ4v) is 3.21. The Morgan fingerprint density at radius 3 is 2.50 bits per heavy atom. The molecule has 7 nitrogen and oxygen atoms in total. The van der Waals surface area contributed by atoms with Crippen molar-refractivity contribution >= 4 is 12.0 Å². The number of methoxy groups -OCH3 is 1. The molecule has 0 bridgehead atoms. The molecule has 2 amide bonds. The first-order chi connectivity index (χ1) is 14.4. The maximum atomic E-state index is 12.7. The van der Waals surface area contributed by atoms with Crippen molar-refractivity contribution in [3.05, 3.63) is 70.9 Å². The smallest absolute Gasteiger partial charge is 0.338 e. The van der Waals surface area contributed by atoms with Crippen LogP contribution in [0.2, 0.25) is 0 Å². The van der Waals surface area contributed by atoms with Crippen LogP contribution in [0.25, 0.3) is 0 Å². The maximum absolute atomic E-state index is 12.7. The number of allylic oxidation sites excluding steroid dienone is 1. The van der Waals surface area contributed by atoms with E-state index in [2.05, 4.69) is 10.6 Å². The summed E-state index contributed by atoms with van der Waals surface area (Å²) in [6, 6.07) is 14.0. The molecular weight excluding hydrogens is 384 g/mol. The van der Waals surface area contributed by atoms with Crippen molar-refractivity contribution < 1.29 is 23.8 Å². The first-order valence-corrected chi connectivity index (χ1v) is 9.73. The van der Waals surface area contributed by atoms with Gasteiger partial charge in [0.25, 0.3) is 0 Å². The van der Waals surface area contributed by atoms with Gasteiger partial charge in [0, 0.05) is 5.70 Å². The van der Waals surface area contributed by atoms with Crippen LogP contribution >= 0.6 is 0 Å². The van der Waals surface area contributed by atoms with E-state index in [0.717, 1.165) is 5.56 Å². The molecule has 1 unspecified atom stereocenters. The van der Waals surface area contributed by atoms with Gasteiger partial charge in [-0.15, -0.1) is 0 Å². The van der Waals surface area contributed by atoms with Crippen molar-refractivity contribution in [2.45, 2.75) is 39.5 Å². The summed E-state index contributed by atoms with van der Waals surface area (Å²) in [5.74, 6) is 0.588. The number of esters is 1. The van der Waals surface area contributed by atoms with Gasteiger partial charge in [-0.3, -0.25) is 0 Å². The minimum Gasteiger partial charge on any atom is -0.493 e. The van der Waals surface area contributed by atoms with Crippen LogP contribution in [0, 0.1) is 0 Å². The van der Waals surface area contributed by atoms with Crippen LogP contribution in [0.4, 0.5) is 4.79 Å². The van der Waals surface area contributed by atoms with Gasteiger partial charge in [0.05, 0.1) is 24.8 Å². The number of ether oxygens (including phenoxy) is 3. The van der Waals surface area contributed by atoms with Crippen molar-refractivity contribution in [1.29, 1.82) is 0 Å². The highest BCUT2D eigenvalue weighted by Gasteiger charge is 2.33. The Kier molecular flexibility index (Phi) is 6.61. The molecule has 7 heteroatoms. The standard InChI is InChI=1S/C23H26N2O5/c1-14(2)30-22(26)20-15(3)24-23(27)25-21(20)17-10-11-18(28-4)19(12-17)29-13-16-8-6-5-7-9-16/h5-12,14,21H,13H2,1-4H3,(H2,24,25,27). The molecule has 1 heterocycles. The lowest BCUT2D eigenvalue weighted by Gasteiger charge is -2.29. The van der Waals surface area contributed by atoms with E-state index in [4.69, 9.17) is 14.2 Å². The number of hydrogen-bond acceptors (Lipinski definition) is 5. The van der Waals surface area contributed by atoms with Gasteiger partial charge in [-0.05, 0) is 44.0 Å². The first kappa shape index (κ1) is 21.2. The fourth-order valence-electron chi connectivity index (χ4n) is 3.21. The van der Waals surface area contributed by atoms with E-state index >= 15 is 0 Å². The monoisotopic (exact) mass is 410 g/mol.